The molecular formula is C19H24ClN3O4. The molecule has 0 unspecified atom stereocenters. The number of likely N-dealkylation sites (tertiary alicyclic amines) is 1. The van der Waals surface area contributed by atoms with Crippen molar-refractivity contribution in [2.45, 2.75) is 25.3 Å². The molecule has 2 saturated heterocycles. The van der Waals surface area contributed by atoms with Crippen LogP contribution in [-0.2, 0) is 14.4 Å². The number of rotatable bonds is 5. The number of piperidine rings is 1. The van der Waals surface area contributed by atoms with Crippen LogP contribution in [0.3, 0.4) is 0 Å². The van der Waals surface area contributed by atoms with Gasteiger partial charge < -0.3 is 14.9 Å². The zero-order chi connectivity index (χ0) is 19.6. The SMILES string of the molecule is CN(CC(=O)O)C1CCN(C(=O)[C@H]2CC(=O)N(c3ccccc3Cl)C2)CC1. The minimum Gasteiger partial charge on any atom is -0.480 e. The number of carbonyl (C=O) groups excluding carboxylic acids is 2. The predicted molar refractivity (Wildman–Crippen MR) is 102 cm³/mol. The fourth-order valence-electron chi connectivity index (χ4n) is 3.90. The van der Waals surface area contributed by atoms with Gasteiger partial charge in [-0.1, -0.05) is 23.7 Å². The summed E-state index contributed by atoms with van der Waals surface area (Å²) in [5.41, 5.74) is 0.647. The first-order chi connectivity index (χ1) is 12.9. The van der Waals surface area contributed by atoms with Crippen LogP contribution in [0, 0.1) is 5.92 Å². The molecule has 2 heterocycles. The van der Waals surface area contributed by atoms with E-state index in [-0.39, 0.29) is 36.7 Å². The molecule has 7 nitrogen and oxygen atoms in total. The van der Waals surface area contributed by atoms with Crippen molar-refractivity contribution < 1.29 is 19.5 Å². The van der Waals surface area contributed by atoms with Gasteiger partial charge in [-0.15, -0.1) is 0 Å². The van der Waals surface area contributed by atoms with E-state index in [0.717, 1.165) is 12.8 Å². The van der Waals surface area contributed by atoms with Crippen LogP contribution >= 0.6 is 11.6 Å². The lowest BCUT2D eigenvalue weighted by molar-refractivity contribution is -0.140. The lowest BCUT2D eigenvalue weighted by Gasteiger charge is -2.37. The zero-order valence-electron chi connectivity index (χ0n) is 15.3. The van der Waals surface area contributed by atoms with Gasteiger partial charge in [-0.25, -0.2) is 0 Å². The van der Waals surface area contributed by atoms with Crippen molar-refractivity contribution in [3.05, 3.63) is 29.3 Å². The topological polar surface area (TPSA) is 81.2 Å². The number of nitrogens with zero attached hydrogens (tertiary/aromatic N) is 3. The van der Waals surface area contributed by atoms with Crippen molar-refractivity contribution >= 4 is 35.1 Å². The van der Waals surface area contributed by atoms with Gasteiger partial charge in [0.15, 0.2) is 0 Å². The highest BCUT2D eigenvalue weighted by atomic mass is 35.5. The van der Waals surface area contributed by atoms with Crippen LogP contribution < -0.4 is 4.90 Å². The number of hydrogen-bond acceptors (Lipinski definition) is 4. The average molecular weight is 394 g/mol. The summed E-state index contributed by atoms with van der Waals surface area (Å²) in [5.74, 6) is -1.29. The Morgan fingerprint density at radius 1 is 1.26 bits per heavy atom. The summed E-state index contributed by atoms with van der Waals surface area (Å²) in [7, 11) is 1.80. The van der Waals surface area contributed by atoms with Crippen molar-refractivity contribution in [1.29, 1.82) is 0 Å². The molecule has 0 spiro atoms. The third-order valence-electron chi connectivity index (χ3n) is 5.40. The number of para-hydroxylation sites is 1. The summed E-state index contributed by atoms with van der Waals surface area (Å²) >= 11 is 6.19. The molecule has 2 fully saturated rings. The Morgan fingerprint density at radius 3 is 2.56 bits per heavy atom. The third kappa shape index (κ3) is 4.42. The molecule has 27 heavy (non-hydrogen) atoms. The summed E-state index contributed by atoms with van der Waals surface area (Å²) in [6.45, 7) is 1.53. The molecule has 1 aromatic carbocycles. The maximum absolute atomic E-state index is 12.9. The van der Waals surface area contributed by atoms with Crippen LogP contribution in [0.5, 0.6) is 0 Å². The second-order valence-corrected chi connectivity index (χ2v) is 7.63. The summed E-state index contributed by atoms with van der Waals surface area (Å²) in [4.78, 5) is 41.3. The van der Waals surface area contributed by atoms with Crippen molar-refractivity contribution in [3.8, 4) is 0 Å². The highest BCUT2D eigenvalue weighted by Crippen LogP contribution is 2.32. The average Bonchev–Trinajstić information content (AvgIpc) is 3.02. The van der Waals surface area contributed by atoms with Gasteiger partial charge in [0.1, 0.15) is 0 Å². The molecule has 0 saturated carbocycles. The van der Waals surface area contributed by atoms with E-state index in [1.807, 2.05) is 11.0 Å². The Hall–Kier alpha value is -2.12. The van der Waals surface area contributed by atoms with Crippen molar-refractivity contribution in [1.82, 2.24) is 9.80 Å². The van der Waals surface area contributed by atoms with E-state index in [9.17, 15) is 14.4 Å². The number of likely N-dealkylation sites (N-methyl/N-ethyl adjacent to an activating group) is 1. The first-order valence-corrected chi connectivity index (χ1v) is 9.50. The Bertz CT molecular complexity index is 733. The Labute approximate surface area is 163 Å². The summed E-state index contributed by atoms with van der Waals surface area (Å²) in [5, 5.41) is 9.41. The largest absolute Gasteiger partial charge is 0.480 e. The number of carboxylic acids is 1. The Kier molecular flexibility index (Phi) is 6.01. The molecule has 2 aliphatic rings. The smallest absolute Gasteiger partial charge is 0.317 e. The second-order valence-electron chi connectivity index (χ2n) is 7.22. The standard InChI is InChI=1S/C19H24ClN3O4/c1-21(12-18(25)26)14-6-8-22(9-7-14)19(27)13-10-17(24)23(11-13)16-5-3-2-4-15(16)20/h2-5,13-14H,6-12H2,1H3,(H,25,26)/t13-/m0/s1. The lowest BCUT2D eigenvalue weighted by Crippen LogP contribution is -2.48. The highest BCUT2D eigenvalue weighted by molar-refractivity contribution is 6.33. The van der Waals surface area contributed by atoms with Crippen molar-refractivity contribution in [2.24, 2.45) is 5.92 Å². The van der Waals surface area contributed by atoms with Gasteiger partial charge in [-0.05, 0) is 32.0 Å². The molecule has 0 radical (unpaired) electrons. The monoisotopic (exact) mass is 393 g/mol. The van der Waals surface area contributed by atoms with E-state index in [1.165, 1.54) is 0 Å². The number of hydrogen-bond donors (Lipinski definition) is 1. The van der Waals surface area contributed by atoms with E-state index >= 15 is 0 Å². The number of carboxylic acid groups (broad SMARTS) is 1. The lowest BCUT2D eigenvalue weighted by atomic mass is 10.0. The van der Waals surface area contributed by atoms with Crippen LogP contribution in [0.1, 0.15) is 19.3 Å². The van der Waals surface area contributed by atoms with Crippen molar-refractivity contribution in [3.63, 3.8) is 0 Å². The molecule has 1 N–H and O–H groups in total. The minimum absolute atomic E-state index is 0.00251. The van der Waals surface area contributed by atoms with Crippen LogP contribution in [0.2, 0.25) is 5.02 Å². The van der Waals surface area contributed by atoms with Gasteiger partial charge in [0, 0.05) is 32.1 Å². The molecule has 0 bridgehead atoms. The molecule has 146 valence electrons. The van der Waals surface area contributed by atoms with E-state index in [0.29, 0.717) is 30.3 Å². The molecule has 1 aromatic rings. The van der Waals surface area contributed by atoms with Gasteiger partial charge >= 0.3 is 5.97 Å². The van der Waals surface area contributed by atoms with Gasteiger partial charge in [0.2, 0.25) is 11.8 Å². The number of aliphatic carboxylic acids is 1. The van der Waals surface area contributed by atoms with E-state index in [1.54, 1.807) is 35.0 Å². The number of anilines is 1. The fourth-order valence-corrected chi connectivity index (χ4v) is 4.14. The molecule has 2 aliphatic heterocycles. The molecular weight excluding hydrogens is 370 g/mol. The minimum atomic E-state index is -0.847. The van der Waals surface area contributed by atoms with Crippen LogP contribution in [0.4, 0.5) is 5.69 Å². The summed E-state index contributed by atoms with van der Waals surface area (Å²) < 4.78 is 0. The number of carbonyl (C=O) groups is 3. The van der Waals surface area contributed by atoms with Gasteiger partial charge in [-0.2, -0.15) is 0 Å². The molecule has 0 aromatic heterocycles. The first-order valence-electron chi connectivity index (χ1n) is 9.12. The van der Waals surface area contributed by atoms with Crippen LogP contribution in [0.25, 0.3) is 0 Å². The fraction of sp³-hybridized carbons (Fsp3) is 0.526. The van der Waals surface area contributed by atoms with Crippen LogP contribution in [-0.4, -0.2) is 72.0 Å². The number of amides is 2. The molecule has 0 aliphatic carbocycles. The summed E-state index contributed by atoms with van der Waals surface area (Å²) in [6.07, 6.45) is 1.68. The molecule has 1 atom stereocenters. The highest BCUT2D eigenvalue weighted by Gasteiger charge is 2.38. The van der Waals surface area contributed by atoms with Gasteiger partial charge in [0.25, 0.3) is 0 Å². The molecule has 2 amide bonds. The number of benzene rings is 1. The van der Waals surface area contributed by atoms with Crippen molar-refractivity contribution in [2.75, 3.05) is 38.1 Å². The maximum atomic E-state index is 12.9. The normalized spacial score (nSPS) is 21.1. The maximum Gasteiger partial charge on any atom is 0.317 e. The second kappa shape index (κ2) is 8.27. The van der Waals surface area contributed by atoms with Gasteiger partial charge in [0.05, 0.1) is 23.2 Å². The molecule has 8 heteroatoms. The number of halogens is 1. The quantitative estimate of drug-likeness (QED) is 0.823. The van der Waals surface area contributed by atoms with Gasteiger partial charge in [-0.3, -0.25) is 19.3 Å². The van der Waals surface area contributed by atoms with E-state index in [2.05, 4.69) is 0 Å². The van der Waals surface area contributed by atoms with Crippen LogP contribution in [0.15, 0.2) is 24.3 Å². The zero-order valence-corrected chi connectivity index (χ0v) is 16.1. The molecule has 3 rings (SSSR count). The predicted octanol–water partition coefficient (Wildman–Crippen LogP) is 1.70. The Balaban J connectivity index is 1.57. The van der Waals surface area contributed by atoms with E-state index in [4.69, 9.17) is 16.7 Å². The van der Waals surface area contributed by atoms with E-state index < -0.39 is 5.97 Å². The summed E-state index contributed by atoms with van der Waals surface area (Å²) in [6, 6.07) is 7.31. The Morgan fingerprint density at radius 2 is 1.93 bits per heavy atom. The first kappa shape index (κ1) is 19.6. The third-order valence-corrected chi connectivity index (χ3v) is 5.72.